The maximum absolute atomic E-state index is 12.0. The van der Waals surface area contributed by atoms with Crippen LogP contribution >= 0.6 is 22.7 Å². The Bertz CT molecular complexity index is 980. The van der Waals surface area contributed by atoms with Gasteiger partial charge >= 0.3 is 5.97 Å². The molecule has 4 aromatic rings. The lowest BCUT2D eigenvalue weighted by atomic mass is 10.3. The lowest BCUT2D eigenvalue weighted by Gasteiger charge is -2.01. The summed E-state index contributed by atoms with van der Waals surface area (Å²) in [5, 5.41) is 1.89. The highest BCUT2D eigenvalue weighted by molar-refractivity contribution is 7.23. The largest absolute Gasteiger partial charge is 0.455 e. The summed E-state index contributed by atoms with van der Waals surface area (Å²) >= 11 is 3.17. The fraction of sp³-hybridized carbons (Fsp3) is 0.125. The van der Waals surface area contributed by atoms with Crippen molar-refractivity contribution >= 4 is 43.8 Å². The van der Waals surface area contributed by atoms with E-state index in [0.29, 0.717) is 5.56 Å². The predicted octanol–water partition coefficient (Wildman–Crippen LogP) is 4.28. The van der Waals surface area contributed by atoms with Crippen LogP contribution in [0.1, 0.15) is 20.9 Å². The van der Waals surface area contributed by atoms with Crippen LogP contribution in [-0.4, -0.2) is 15.4 Å². The van der Waals surface area contributed by atoms with Crippen LogP contribution in [0, 0.1) is 6.92 Å². The average Bonchev–Trinajstić information content (AvgIpc) is 3.18. The lowest BCUT2D eigenvalue weighted by Crippen LogP contribution is -2.05. The van der Waals surface area contributed by atoms with Gasteiger partial charge in [0.05, 0.1) is 21.5 Å². The first-order chi connectivity index (χ1) is 10.7. The quantitative estimate of drug-likeness (QED) is 0.527. The van der Waals surface area contributed by atoms with E-state index < -0.39 is 0 Å². The molecule has 0 unspecified atom stereocenters. The number of hydrogen-bond donors (Lipinski definition) is 0. The third kappa shape index (κ3) is 2.20. The number of rotatable bonds is 3. The van der Waals surface area contributed by atoms with Gasteiger partial charge in [-0.25, -0.2) is 9.78 Å². The SMILES string of the molecule is Cc1sccc1C(=O)OCc1cn2c(n1)sc1ccccc12. The van der Waals surface area contributed by atoms with E-state index >= 15 is 0 Å². The number of esters is 1. The maximum Gasteiger partial charge on any atom is 0.339 e. The number of ether oxygens (including phenoxy) is 1. The highest BCUT2D eigenvalue weighted by Gasteiger charge is 2.13. The van der Waals surface area contributed by atoms with E-state index in [9.17, 15) is 4.79 Å². The summed E-state index contributed by atoms with van der Waals surface area (Å²) in [6, 6.07) is 9.96. The summed E-state index contributed by atoms with van der Waals surface area (Å²) in [4.78, 5) is 18.4. The number of benzene rings is 1. The van der Waals surface area contributed by atoms with Gasteiger partial charge in [-0.15, -0.1) is 11.3 Å². The van der Waals surface area contributed by atoms with Crippen molar-refractivity contribution in [1.29, 1.82) is 0 Å². The zero-order chi connectivity index (χ0) is 15.1. The van der Waals surface area contributed by atoms with Gasteiger partial charge in [-0.1, -0.05) is 23.5 Å². The highest BCUT2D eigenvalue weighted by atomic mass is 32.1. The number of aromatic nitrogens is 2. The third-order valence-corrected chi connectivity index (χ3v) is 5.36. The van der Waals surface area contributed by atoms with Gasteiger partial charge in [0.2, 0.25) is 0 Å². The Morgan fingerprint density at radius 2 is 2.18 bits per heavy atom. The average molecular weight is 328 g/mol. The molecule has 3 aromatic heterocycles. The number of hydrogen-bond acceptors (Lipinski definition) is 5. The Labute approximate surface area is 134 Å². The summed E-state index contributed by atoms with van der Waals surface area (Å²) in [7, 11) is 0. The Balaban J connectivity index is 1.57. The molecule has 0 atom stereocenters. The smallest absolute Gasteiger partial charge is 0.339 e. The molecule has 110 valence electrons. The molecule has 0 aliphatic carbocycles. The molecule has 4 nitrogen and oxygen atoms in total. The molecule has 0 amide bonds. The maximum atomic E-state index is 12.0. The van der Waals surface area contributed by atoms with Crippen molar-refractivity contribution < 1.29 is 9.53 Å². The van der Waals surface area contributed by atoms with Crippen LogP contribution in [0.4, 0.5) is 0 Å². The molecule has 0 radical (unpaired) electrons. The van der Waals surface area contributed by atoms with E-state index in [0.717, 1.165) is 21.0 Å². The Kier molecular flexibility index (Phi) is 3.20. The standard InChI is InChI=1S/C16H12N2O2S2/c1-10-12(6-7-21-10)15(19)20-9-11-8-18-13-4-2-3-5-14(13)22-16(18)17-11/h2-8H,9H2,1H3. The number of carbonyl (C=O) groups is 1. The van der Waals surface area contributed by atoms with Gasteiger partial charge in [0.15, 0.2) is 4.96 Å². The topological polar surface area (TPSA) is 43.6 Å². The van der Waals surface area contributed by atoms with Gasteiger partial charge < -0.3 is 4.74 Å². The van der Waals surface area contributed by atoms with Crippen LogP contribution in [-0.2, 0) is 11.3 Å². The van der Waals surface area contributed by atoms with E-state index in [2.05, 4.69) is 17.1 Å². The van der Waals surface area contributed by atoms with Crippen LogP contribution in [0.5, 0.6) is 0 Å². The second-order valence-electron chi connectivity index (χ2n) is 4.92. The number of para-hydroxylation sites is 1. The molecular formula is C16H12N2O2S2. The Morgan fingerprint density at radius 3 is 3.00 bits per heavy atom. The fourth-order valence-electron chi connectivity index (χ4n) is 2.38. The van der Waals surface area contributed by atoms with Crippen LogP contribution in [0.25, 0.3) is 15.2 Å². The molecule has 0 spiro atoms. The first-order valence-electron chi connectivity index (χ1n) is 6.79. The number of thiazole rings is 1. The molecule has 0 saturated carbocycles. The van der Waals surface area contributed by atoms with Crippen LogP contribution < -0.4 is 0 Å². The number of thiophene rings is 1. The van der Waals surface area contributed by atoms with Crippen molar-refractivity contribution in [3.8, 4) is 0 Å². The monoisotopic (exact) mass is 328 g/mol. The molecule has 1 aromatic carbocycles. The minimum Gasteiger partial charge on any atom is -0.455 e. The van der Waals surface area contributed by atoms with Crippen molar-refractivity contribution in [3.63, 3.8) is 0 Å². The molecule has 3 heterocycles. The molecule has 0 bridgehead atoms. The molecule has 0 fully saturated rings. The van der Waals surface area contributed by atoms with E-state index in [4.69, 9.17) is 4.74 Å². The lowest BCUT2D eigenvalue weighted by molar-refractivity contribution is 0.0468. The zero-order valence-corrected chi connectivity index (χ0v) is 13.4. The van der Waals surface area contributed by atoms with Gasteiger partial charge in [-0.05, 0) is 30.5 Å². The van der Waals surface area contributed by atoms with Crippen molar-refractivity contribution in [2.45, 2.75) is 13.5 Å². The summed E-state index contributed by atoms with van der Waals surface area (Å²) < 4.78 is 8.60. The normalized spacial score (nSPS) is 11.3. The summed E-state index contributed by atoms with van der Waals surface area (Å²) in [5.41, 5.74) is 2.52. The molecule has 0 aliphatic heterocycles. The minimum atomic E-state index is -0.292. The van der Waals surface area contributed by atoms with Crippen molar-refractivity contribution in [2.24, 2.45) is 0 Å². The third-order valence-electron chi connectivity index (χ3n) is 3.48. The van der Waals surface area contributed by atoms with Gasteiger partial charge in [0, 0.05) is 11.1 Å². The second-order valence-corrected chi connectivity index (χ2v) is 7.05. The van der Waals surface area contributed by atoms with Crippen molar-refractivity contribution in [3.05, 3.63) is 58.0 Å². The van der Waals surface area contributed by atoms with Crippen molar-refractivity contribution in [1.82, 2.24) is 9.38 Å². The molecule has 6 heteroatoms. The van der Waals surface area contributed by atoms with Crippen LogP contribution in [0.2, 0.25) is 0 Å². The fourth-order valence-corrected chi connectivity index (χ4v) is 4.09. The van der Waals surface area contributed by atoms with Gasteiger partial charge in [0.1, 0.15) is 6.61 Å². The number of aryl methyl sites for hydroxylation is 1. The summed E-state index contributed by atoms with van der Waals surface area (Å²) in [6.07, 6.45) is 1.93. The van der Waals surface area contributed by atoms with Crippen molar-refractivity contribution in [2.75, 3.05) is 0 Å². The van der Waals surface area contributed by atoms with Gasteiger partial charge in [-0.2, -0.15) is 0 Å². The number of imidazole rings is 1. The van der Waals surface area contributed by atoms with Crippen LogP contribution in [0.15, 0.2) is 41.9 Å². The highest BCUT2D eigenvalue weighted by Crippen LogP contribution is 2.26. The number of carbonyl (C=O) groups excluding carboxylic acids is 1. The Hall–Kier alpha value is -2.18. The van der Waals surface area contributed by atoms with E-state index in [1.54, 1.807) is 28.7 Å². The minimum absolute atomic E-state index is 0.191. The zero-order valence-electron chi connectivity index (χ0n) is 11.8. The summed E-state index contributed by atoms with van der Waals surface area (Å²) in [6.45, 7) is 2.11. The first kappa shape index (κ1) is 13.5. The molecule has 4 rings (SSSR count). The van der Waals surface area contributed by atoms with Crippen LogP contribution in [0.3, 0.4) is 0 Å². The Morgan fingerprint density at radius 1 is 1.32 bits per heavy atom. The molecule has 0 N–H and O–H groups in total. The van der Waals surface area contributed by atoms with E-state index in [1.165, 1.54) is 4.70 Å². The second kappa shape index (κ2) is 5.23. The molecule has 0 saturated heterocycles. The van der Waals surface area contributed by atoms with E-state index in [1.807, 2.05) is 35.0 Å². The molecule has 22 heavy (non-hydrogen) atoms. The van der Waals surface area contributed by atoms with E-state index in [-0.39, 0.29) is 12.6 Å². The first-order valence-corrected chi connectivity index (χ1v) is 8.49. The van der Waals surface area contributed by atoms with Gasteiger partial charge in [0.25, 0.3) is 0 Å². The number of fused-ring (bicyclic) bond motifs is 3. The number of nitrogens with zero attached hydrogens (tertiary/aromatic N) is 2. The molecular weight excluding hydrogens is 316 g/mol. The summed E-state index contributed by atoms with van der Waals surface area (Å²) in [5.74, 6) is -0.292. The molecule has 0 aliphatic rings. The predicted molar refractivity (Wildman–Crippen MR) is 88.8 cm³/mol. The van der Waals surface area contributed by atoms with Gasteiger partial charge in [-0.3, -0.25) is 4.40 Å².